The molecule has 2 aliphatic rings. The number of quaternary nitrogens is 1. The number of likely N-dealkylation sites (tertiary alicyclic amines) is 1. The Morgan fingerprint density at radius 2 is 1.48 bits per heavy atom. The van der Waals surface area contributed by atoms with Gasteiger partial charge in [-0.3, -0.25) is 19.8 Å². The number of carbonyl (C=O) groups excluding carboxylic acids is 3. The largest absolute Gasteiger partial charge is 0.446 e. The lowest BCUT2D eigenvalue weighted by molar-refractivity contribution is -0.892. The number of imide groups is 1. The Hall–Kier alpha value is -4.05. The molecule has 2 heterocycles. The van der Waals surface area contributed by atoms with Crippen molar-refractivity contribution in [1.82, 2.24) is 9.80 Å². The number of carbonyl (C=O) groups is 3. The number of aliphatic hydroxyl groups excluding tert-OH is 1. The molecule has 2 aliphatic heterocycles. The zero-order valence-corrected chi connectivity index (χ0v) is 24.2. The number of fused-ring (bicyclic) bond motifs is 1. The summed E-state index contributed by atoms with van der Waals surface area (Å²) < 4.78 is 6.21. The fourth-order valence-corrected chi connectivity index (χ4v) is 5.79. The molecule has 220 valence electrons. The van der Waals surface area contributed by atoms with Crippen LogP contribution in [0.3, 0.4) is 0 Å². The van der Waals surface area contributed by atoms with E-state index in [2.05, 4.69) is 10.2 Å². The maximum atomic E-state index is 12.7. The maximum Gasteiger partial charge on any atom is 0.411 e. The second kappa shape index (κ2) is 12.9. The van der Waals surface area contributed by atoms with Gasteiger partial charge in [0.1, 0.15) is 18.8 Å². The fraction of sp³-hybridized carbons (Fsp3) is 0.364. The number of ether oxygens (including phenoxy) is 1. The van der Waals surface area contributed by atoms with Gasteiger partial charge < -0.3 is 19.2 Å². The summed E-state index contributed by atoms with van der Waals surface area (Å²) in [6.45, 7) is 3.28. The zero-order chi connectivity index (χ0) is 29.7. The molecule has 1 unspecified atom stereocenters. The lowest BCUT2D eigenvalue weighted by atomic mass is 10.0. The number of hydrogen-bond donors (Lipinski definition) is 2. The number of likely N-dealkylation sites (N-methyl/N-ethyl adjacent to an activating group) is 1. The van der Waals surface area contributed by atoms with Gasteiger partial charge in [-0.25, -0.2) is 4.79 Å². The monoisotopic (exact) mass is 571 g/mol. The van der Waals surface area contributed by atoms with Gasteiger partial charge in [-0.2, -0.15) is 0 Å². The predicted octanol–water partition coefficient (Wildman–Crippen LogP) is 4.10. The van der Waals surface area contributed by atoms with Crippen molar-refractivity contribution >= 4 is 23.6 Å². The molecule has 42 heavy (non-hydrogen) atoms. The average molecular weight is 572 g/mol. The topological polar surface area (TPSA) is 99.2 Å². The number of anilines is 1. The Morgan fingerprint density at radius 3 is 2.12 bits per heavy atom. The Labute approximate surface area is 246 Å². The van der Waals surface area contributed by atoms with Gasteiger partial charge in [-0.05, 0) is 36.6 Å². The summed E-state index contributed by atoms with van der Waals surface area (Å²) in [5.41, 5.74) is 3.57. The maximum absolute atomic E-state index is 12.7. The third kappa shape index (κ3) is 7.05. The van der Waals surface area contributed by atoms with Gasteiger partial charge >= 0.3 is 6.09 Å². The van der Waals surface area contributed by atoms with Crippen molar-refractivity contribution in [3.8, 4) is 11.1 Å². The smallest absolute Gasteiger partial charge is 0.411 e. The molecule has 9 nitrogen and oxygen atoms in total. The zero-order valence-electron chi connectivity index (χ0n) is 24.2. The molecule has 0 saturated carbocycles. The van der Waals surface area contributed by atoms with Crippen LogP contribution < -0.4 is 5.32 Å². The molecule has 2 N–H and O–H groups in total. The van der Waals surface area contributed by atoms with Crippen molar-refractivity contribution in [2.45, 2.75) is 25.0 Å². The SMILES string of the molecule is C[N+](C)(CCN1C(=O)c2ccccc2C1=O)CC(O)CN1CCC(OC(=O)Nc2ccccc2-c2ccccc2)CC1. The number of nitrogens with zero attached hydrogens (tertiary/aromatic N) is 3. The molecule has 0 aromatic heterocycles. The van der Waals surface area contributed by atoms with Gasteiger partial charge in [0.2, 0.25) is 0 Å². The molecule has 0 bridgehead atoms. The molecular formula is C33H39N4O5+. The number of amides is 3. The van der Waals surface area contributed by atoms with Crippen molar-refractivity contribution in [3.05, 3.63) is 90.0 Å². The van der Waals surface area contributed by atoms with E-state index in [4.69, 9.17) is 4.74 Å². The highest BCUT2D eigenvalue weighted by atomic mass is 16.6. The number of nitrogens with one attached hydrogen (secondary N) is 1. The number of rotatable bonds is 10. The molecule has 9 heteroatoms. The molecule has 5 rings (SSSR count). The second-order valence-electron chi connectivity index (χ2n) is 11.7. The Morgan fingerprint density at radius 1 is 0.905 bits per heavy atom. The van der Waals surface area contributed by atoms with Gasteiger partial charge in [0.25, 0.3) is 11.8 Å². The highest BCUT2D eigenvalue weighted by Gasteiger charge is 2.36. The van der Waals surface area contributed by atoms with Gasteiger partial charge in [-0.15, -0.1) is 0 Å². The number of para-hydroxylation sites is 1. The summed E-state index contributed by atoms with van der Waals surface area (Å²) >= 11 is 0. The van der Waals surface area contributed by atoms with E-state index in [0.29, 0.717) is 60.3 Å². The van der Waals surface area contributed by atoms with Crippen LogP contribution in [-0.2, 0) is 4.74 Å². The highest BCUT2D eigenvalue weighted by molar-refractivity contribution is 6.21. The number of hydrogen-bond acceptors (Lipinski definition) is 6. The van der Waals surface area contributed by atoms with Crippen molar-refractivity contribution in [3.63, 3.8) is 0 Å². The summed E-state index contributed by atoms with van der Waals surface area (Å²) in [6.07, 6.45) is 0.164. The first-order chi connectivity index (χ1) is 20.2. The van der Waals surface area contributed by atoms with Crippen LogP contribution in [0.15, 0.2) is 78.9 Å². The molecule has 0 spiro atoms. The normalized spacial score (nSPS) is 16.8. The Bertz CT molecular complexity index is 1380. The van der Waals surface area contributed by atoms with Gasteiger partial charge in [0, 0.05) is 25.2 Å². The summed E-state index contributed by atoms with van der Waals surface area (Å²) in [6, 6.07) is 24.5. The van der Waals surface area contributed by atoms with Crippen LogP contribution in [0.4, 0.5) is 10.5 Å². The predicted molar refractivity (Wildman–Crippen MR) is 161 cm³/mol. The van der Waals surface area contributed by atoms with Gasteiger partial charge in [-0.1, -0.05) is 60.7 Å². The highest BCUT2D eigenvalue weighted by Crippen LogP contribution is 2.28. The van der Waals surface area contributed by atoms with Crippen molar-refractivity contribution in [2.75, 3.05) is 58.7 Å². The Balaban J connectivity index is 1.04. The average Bonchev–Trinajstić information content (AvgIpc) is 3.22. The first-order valence-corrected chi connectivity index (χ1v) is 14.5. The van der Waals surface area contributed by atoms with E-state index in [1.165, 1.54) is 4.90 Å². The first kappa shape index (κ1) is 29.4. The van der Waals surface area contributed by atoms with E-state index in [9.17, 15) is 19.5 Å². The molecule has 1 saturated heterocycles. The van der Waals surface area contributed by atoms with Crippen molar-refractivity contribution in [2.24, 2.45) is 0 Å². The van der Waals surface area contributed by atoms with Crippen LogP contribution in [0.5, 0.6) is 0 Å². The van der Waals surface area contributed by atoms with Gasteiger partial charge in [0.15, 0.2) is 0 Å². The fourth-order valence-electron chi connectivity index (χ4n) is 5.79. The van der Waals surface area contributed by atoms with Crippen LogP contribution in [0.1, 0.15) is 33.6 Å². The van der Waals surface area contributed by atoms with Crippen molar-refractivity contribution < 1.29 is 28.7 Å². The number of aliphatic hydroxyl groups is 1. The first-order valence-electron chi connectivity index (χ1n) is 14.5. The van der Waals surface area contributed by atoms with Crippen LogP contribution >= 0.6 is 0 Å². The minimum Gasteiger partial charge on any atom is -0.446 e. The molecular weight excluding hydrogens is 532 g/mol. The molecule has 1 atom stereocenters. The molecule has 3 aromatic rings. The summed E-state index contributed by atoms with van der Waals surface area (Å²) in [5.74, 6) is -0.509. The third-order valence-electron chi connectivity index (χ3n) is 8.04. The molecule has 3 aromatic carbocycles. The van der Waals surface area contributed by atoms with E-state index in [1.54, 1.807) is 24.3 Å². The van der Waals surface area contributed by atoms with E-state index in [0.717, 1.165) is 24.2 Å². The van der Waals surface area contributed by atoms with Crippen LogP contribution in [0, 0.1) is 0 Å². The van der Waals surface area contributed by atoms with E-state index in [-0.39, 0.29) is 17.9 Å². The van der Waals surface area contributed by atoms with Crippen molar-refractivity contribution in [1.29, 1.82) is 0 Å². The number of β-amino-alcohol motifs (C(OH)–C–C–N with tert-alkyl or cyclic N) is 1. The quantitative estimate of drug-likeness (QED) is 0.281. The summed E-state index contributed by atoms with van der Waals surface area (Å²) in [4.78, 5) is 41.6. The minimum atomic E-state index is -0.572. The lowest BCUT2D eigenvalue weighted by Crippen LogP contribution is -2.52. The molecule has 1 fully saturated rings. The van der Waals surface area contributed by atoms with Crippen LogP contribution in [-0.4, -0.2) is 103 Å². The van der Waals surface area contributed by atoms with Crippen LogP contribution in [0.25, 0.3) is 11.1 Å². The standard InChI is InChI=1S/C33H38N4O5/c1-37(2,21-20-36-31(39)28-13-6-7-14-29(28)32(36)40)23-25(38)22-35-18-16-26(17-19-35)42-33(41)34-30-15-9-8-12-27(30)24-10-4-3-5-11-24/h3-15,25-26,38H,16-23H2,1-2H3/p+1. The minimum absolute atomic E-state index is 0.186. The number of piperidine rings is 1. The van der Waals surface area contributed by atoms with E-state index < -0.39 is 12.2 Å². The van der Waals surface area contributed by atoms with Gasteiger partial charge in [0.05, 0.1) is 44.0 Å². The summed E-state index contributed by atoms with van der Waals surface area (Å²) in [7, 11) is 3.99. The van der Waals surface area contributed by atoms with E-state index in [1.807, 2.05) is 68.7 Å². The van der Waals surface area contributed by atoms with E-state index >= 15 is 0 Å². The molecule has 3 amide bonds. The third-order valence-corrected chi connectivity index (χ3v) is 8.04. The Kier molecular flexibility index (Phi) is 9.01. The molecule has 0 aliphatic carbocycles. The van der Waals surface area contributed by atoms with Crippen LogP contribution in [0.2, 0.25) is 0 Å². The lowest BCUT2D eigenvalue weighted by Gasteiger charge is -2.36. The molecule has 0 radical (unpaired) electrons. The summed E-state index contributed by atoms with van der Waals surface area (Å²) in [5, 5.41) is 13.8. The second-order valence-corrected chi connectivity index (χ2v) is 11.7. The number of benzene rings is 3.